The summed E-state index contributed by atoms with van der Waals surface area (Å²) >= 11 is 1.50. The van der Waals surface area contributed by atoms with E-state index in [9.17, 15) is 0 Å². The molecule has 1 aromatic carbocycles. The molecule has 2 N–H and O–H groups in total. The summed E-state index contributed by atoms with van der Waals surface area (Å²) in [5.41, 5.74) is 1.90. The normalized spacial score (nSPS) is 10.6. The zero-order chi connectivity index (χ0) is 16.9. The van der Waals surface area contributed by atoms with E-state index < -0.39 is 0 Å². The van der Waals surface area contributed by atoms with Crippen molar-refractivity contribution < 1.29 is 9.47 Å². The van der Waals surface area contributed by atoms with Crippen molar-refractivity contribution in [1.82, 2.24) is 19.9 Å². The second kappa shape index (κ2) is 7.22. The summed E-state index contributed by atoms with van der Waals surface area (Å²) in [7, 11) is 3.18. The second-order valence-corrected chi connectivity index (χ2v) is 5.84. The Bertz CT molecular complexity index is 823. The Morgan fingerprint density at radius 3 is 2.67 bits per heavy atom. The molecule has 3 rings (SSSR count). The van der Waals surface area contributed by atoms with Crippen LogP contribution in [0, 0.1) is 0 Å². The van der Waals surface area contributed by atoms with Gasteiger partial charge in [-0.05, 0) is 29.8 Å². The van der Waals surface area contributed by atoms with Gasteiger partial charge in [-0.3, -0.25) is 4.98 Å². The van der Waals surface area contributed by atoms with Crippen molar-refractivity contribution in [2.45, 2.75) is 10.9 Å². The maximum atomic E-state index is 6.14. The summed E-state index contributed by atoms with van der Waals surface area (Å²) in [6.07, 6.45) is 3.56. The van der Waals surface area contributed by atoms with Crippen molar-refractivity contribution in [3.05, 3.63) is 48.3 Å². The van der Waals surface area contributed by atoms with Gasteiger partial charge < -0.3 is 15.3 Å². The van der Waals surface area contributed by atoms with Crippen LogP contribution in [0.25, 0.3) is 11.4 Å². The van der Waals surface area contributed by atoms with Gasteiger partial charge in [0.15, 0.2) is 17.3 Å². The lowest BCUT2D eigenvalue weighted by molar-refractivity contribution is 0.355. The Kier molecular flexibility index (Phi) is 4.85. The lowest BCUT2D eigenvalue weighted by Crippen LogP contribution is -2.11. The average molecular weight is 343 g/mol. The minimum atomic E-state index is 0.560. The SMILES string of the molecule is COc1ccc(-c2nnc(SCc3cccnc3)n2N)cc1OC. The summed E-state index contributed by atoms with van der Waals surface area (Å²) in [5, 5.41) is 8.98. The number of nitrogen functional groups attached to an aromatic ring is 1. The number of aromatic nitrogens is 4. The van der Waals surface area contributed by atoms with Crippen molar-refractivity contribution in [2.24, 2.45) is 0 Å². The highest BCUT2D eigenvalue weighted by Gasteiger charge is 2.14. The van der Waals surface area contributed by atoms with Gasteiger partial charge in [-0.2, -0.15) is 0 Å². The first-order valence-corrected chi connectivity index (χ1v) is 8.16. The molecule has 2 aromatic heterocycles. The number of benzene rings is 1. The number of methoxy groups -OCH3 is 2. The second-order valence-electron chi connectivity index (χ2n) is 4.90. The van der Waals surface area contributed by atoms with Crippen molar-refractivity contribution in [3.8, 4) is 22.9 Å². The molecule has 0 fully saturated rings. The van der Waals surface area contributed by atoms with Crippen LogP contribution < -0.4 is 15.3 Å². The molecule has 0 bridgehead atoms. The topological polar surface area (TPSA) is 88.1 Å². The maximum absolute atomic E-state index is 6.14. The van der Waals surface area contributed by atoms with Crippen molar-refractivity contribution in [2.75, 3.05) is 20.1 Å². The molecular formula is C16H17N5O2S. The van der Waals surface area contributed by atoms with Crippen LogP contribution in [0.4, 0.5) is 0 Å². The fourth-order valence-electron chi connectivity index (χ4n) is 2.18. The third-order valence-electron chi connectivity index (χ3n) is 3.40. The Balaban J connectivity index is 1.82. The average Bonchev–Trinajstić information content (AvgIpc) is 3.00. The summed E-state index contributed by atoms with van der Waals surface area (Å²) in [4.78, 5) is 4.09. The summed E-state index contributed by atoms with van der Waals surface area (Å²) in [6, 6.07) is 9.40. The van der Waals surface area contributed by atoms with E-state index in [1.54, 1.807) is 20.4 Å². The van der Waals surface area contributed by atoms with E-state index in [-0.39, 0.29) is 0 Å². The first kappa shape index (κ1) is 16.1. The van der Waals surface area contributed by atoms with E-state index in [1.165, 1.54) is 16.4 Å². The molecule has 0 radical (unpaired) electrons. The molecule has 2 heterocycles. The lowest BCUT2D eigenvalue weighted by Gasteiger charge is -2.09. The number of ether oxygens (including phenoxy) is 2. The fraction of sp³-hybridized carbons (Fsp3) is 0.188. The molecule has 0 aliphatic carbocycles. The van der Waals surface area contributed by atoms with E-state index in [0.29, 0.717) is 22.5 Å². The Morgan fingerprint density at radius 2 is 1.96 bits per heavy atom. The van der Waals surface area contributed by atoms with Crippen LogP contribution in [0.15, 0.2) is 47.9 Å². The number of rotatable bonds is 6. The molecule has 0 aliphatic heterocycles. The smallest absolute Gasteiger partial charge is 0.210 e. The molecule has 0 aliphatic rings. The molecule has 0 amide bonds. The zero-order valence-corrected chi connectivity index (χ0v) is 14.2. The van der Waals surface area contributed by atoms with Crippen molar-refractivity contribution in [1.29, 1.82) is 0 Å². The zero-order valence-electron chi connectivity index (χ0n) is 13.3. The van der Waals surface area contributed by atoms with Gasteiger partial charge in [0, 0.05) is 23.7 Å². The Morgan fingerprint density at radius 1 is 1.12 bits per heavy atom. The van der Waals surface area contributed by atoms with E-state index in [0.717, 1.165) is 16.9 Å². The van der Waals surface area contributed by atoms with Gasteiger partial charge in [0.1, 0.15) is 0 Å². The molecule has 0 atom stereocenters. The van der Waals surface area contributed by atoms with Gasteiger partial charge in [0.2, 0.25) is 5.16 Å². The van der Waals surface area contributed by atoms with Crippen molar-refractivity contribution >= 4 is 11.8 Å². The summed E-state index contributed by atoms with van der Waals surface area (Å²) in [5.74, 6) is 8.68. The molecule has 0 spiro atoms. The number of hydrogen-bond acceptors (Lipinski definition) is 7. The van der Waals surface area contributed by atoms with Crippen LogP contribution >= 0.6 is 11.8 Å². The minimum Gasteiger partial charge on any atom is -0.493 e. The molecule has 0 unspecified atom stereocenters. The number of hydrogen-bond donors (Lipinski definition) is 1. The first-order valence-electron chi connectivity index (χ1n) is 7.17. The van der Waals surface area contributed by atoms with Gasteiger partial charge in [0.25, 0.3) is 0 Å². The lowest BCUT2D eigenvalue weighted by atomic mass is 10.2. The van der Waals surface area contributed by atoms with Gasteiger partial charge >= 0.3 is 0 Å². The minimum absolute atomic E-state index is 0.560. The van der Waals surface area contributed by atoms with Crippen LogP contribution in [-0.4, -0.2) is 34.1 Å². The van der Waals surface area contributed by atoms with E-state index in [2.05, 4.69) is 15.2 Å². The Hall–Kier alpha value is -2.74. The van der Waals surface area contributed by atoms with E-state index in [1.807, 2.05) is 36.5 Å². The van der Waals surface area contributed by atoms with Gasteiger partial charge in [-0.25, -0.2) is 4.68 Å². The number of thioether (sulfide) groups is 1. The van der Waals surface area contributed by atoms with E-state index in [4.69, 9.17) is 15.3 Å². The first-order chi connectivity index (χ1) is 11.7. The molecule has 124 valence electrons. The Labute approximate surface area is 143 Å². The highest BCUT2D eigenvalue weighted by atomic mass is 32.2. The molecule has 8 heteroatoms. The van der Waals surface area contributed by atoms with E-state index >= 15 is 0 Å². The predicted octanol–water partition coefficient (Wildman–Crippen LogP) is 2.36. The molecule has 3 aromatic rings. The molecule has 0 saturated heterocycles. The standard InChI is InChI=1S/C16H17N5O2S/c1-22-13-6-5-12(8-14(13)23-2)15-19-20-16(21(15)17)24-10-11-4-3-7-18-9-11/h3-9H,10,17H2,1-2H3. The summed E-state index contributed by atoms with van der Waals surface area (Å²) < 4.78 is 12.0. The van der Waals surface area contributed by atoms with Gasteiger partial charge in [0.05, 0.1) is 14.2 Å². The molecular weight excluding hydrogens is 326 g/mol. The molecule has 7 nitrogen and oxygen atoms in total. The van der Waals surface area contributed by atoms with Gasteiger partial charge in [-0.15, -0.1) is 10.2 Å². The van der Waals surface area contributed by atoms with Crippen LogP contribution in [0.3, 0.4) is 0 Å². The number of nitrogens with two attached hydrogens (primary N) is 1. The van der Waals surface area contributed by atoms with Crippen LogP contribution in [0.5, 0.6) is 11.5 Å². The van der Waals surface area contributed by atoms with Gasteiger partial charge in [-0.1, -0.05) is 17.8 Å². The maximum Gasteiger partial charge on any atom is 0.210 e. The predicted molar refractivity (Wildman–Crippen MR) is 92.5 cm³/mol. The van der Waals surface area contributed by atoms with Crippen LogP contribution in [0.1, 0.15) is 5.56 Å². The fourth-order valence-corrected chi connectivity index (χ4v) is 2.97. The van der Waals surface area contributed by atoms with Crippen LogP contribution in [-0.2, 0) is 5.75 Å². The quantitative estimate of drug-likeness (QED) is 0.543. The highest BCUT2D eigenvalue weighted by molar-refractivity contribution is 7.98. The highest BCUT2D eigenvalue weighted by Crippen LogP contribution is 2.32. The number of pyridine rings is 1. The number of nitrogens with zero attached hydrogens (tertiary/aromatic N) is 4. The van der Waals surface area contributed by atoms with Crippen molar-refractivity contribution in [3.63, 3.8) is 0 Å². The monoisotopic (exact) mass is 343 g/mol. The third kappa shape index (κ3) is 3.28. The van der Waals surface area contributed by atoms with Crippen LogP contribution in [0.2, 0.25) is 0 Å². The third-order valence-corrected chi connectivity index (χ3v) is 4.41. The summed E-state index contributed by atoms with van der Waals surface area (Å²) in [6.45, 7) is 0. The molecule has 24 heavy (non-hydrogen) atoms. The largest absolute Gasteiger partial charge is 0.493 e. The molecule has 0 saturated carbocycles.